The van der Waals surface area contributed by atoms with Crippen LogP contribution < -0.4 is 5.32 Å². The van der Waals surface area contributed by atoms with Crippen molar-refractivity contribution in [3.05, 3.63) is 58.8 Å². The molecule has 23 heavy (non-hydrogen) atoms. The number of aryl methyl sites for hydroxylation is 3. The van der Waals surface area contributed by atoms with Gasteiger partial charge in [0.05, 0.1) is 5.52 Å². The van der Waals surface area contributed by atoms with Crippen molar-refractivity contribution in [2.24, 2.45) is 0 Å². The van der Waals surface area contributed by atoms with E-state index in [4.69, 9.17) is 0 Å². The van der Waals surface area contributed by atoms with Crippen molar-refractivity contribution in [1.29, 1.82) is 0 Å². The molecule has 0 bridgehead atoms. The van der Waals surface area contributed by atoms with Crippen LogP contribution in [0, 0.1) is 20.8 Å². The van der Waals surface area contributed by atoms with Gasteiger partial charge in [-0.05, 0) is 49.1 Å². The second-order valence-electron chi connectivity index (χ2n) is 6.78. The van der Waals surface area contributed by atoms with E-state index in [1.54, 1.807) is 0 Å². The van der Waals surface area contributed by atoms with Gasteiger partial charge in [0, 0.05) is 42.7 Å². The molecule has 3 aromatic rings. The molecule has 1 aliphatic rings. The van der Waals surface area contributed by atoms with Crippen LogP contribution in [0.25, 0.3) is 22.0 Å². The highest BCUT2D eigenvalue weighted by Crippen LogP contribution is 2.34. The van der Waals surface area contributed by atoms with Crippen molar-refractivity contribution < 1.29 is 0 Å². The quantitative estimate of drug-likeness (QED) is 0.706. The summed E-state index contributed by atoms with van der Waals surface area (Å²) in [6.45, 7) is 9.82. The van der Waals surface area contributed by atoms with E-state index >= 15 is 0 Å². The molecule has 2 heterocycles. The summed E-state index contributed by atoms with van der Waals surface area (Å²) in [5.41, 5.74) is 9.70. The smallest absolute Gasteiger partial charge is 0.0562 e. The van der Waals surface area contributed by atoms with E-state index in [9.17, 15) is 0 Å². The summed E-state index contributed by atoms with van der Waals surface area (Å²) < 4.78 is 2.53. The highest BCUT2D eigenvalue weighted by molar-refractivity contribution is 5.96. The molecule has 118 valence electrons. The van der Waals surface area contributed by atoms with Crippen molar-refractivity contribution in [2.45, 2.75) is 33.7 Å². The predicted molar refractivity (Wildman–Crippen MR) is 98.2 cm³/mol. The zero-order chi connectivity index (χ0) is 16.0. The molecule has 2 aromatic carbocycles. The lowest BCUT2D eigenvalue weighted by Crippen LogP contribution is -2.17. The van der Waals surface area contributed by atoms with Gasteiger partial charge in [-0.15, -0.1) is 0 Å². The minimum absolute atomic E-state index is 1.05. The summed E-state index contributed by atoms with van der Waals surface area (Å²) in [6.07, 6.45) is 1.11. The van der Waals surface area contributed by atoms with Gasteiger partial charge in [0.1, 0.15) is 0 Å². The highest BCUT2D eigenvalue weighted by Gasteiger charge is 2.16. The Bertz CT molecular complexity index is 886. The van der Waals surface area contributed by atoms with Crippen LogP contribution in [0.2, 0.25) is 0 Å². The zero-order valence-electron chi connectivity index (χ0n) is 14.2. The first-order chi connectivity index (χ1) is 11.1. The van der Waals surface area contributed by atoms with Crippen molar-refractivity contribution >= 4 is 10.9 Å². The summed E-state index contributed by atoms with van der Waals surface area (Å²) in [7, 11) is 0. The molecule has 0 atom stereocenters. The number of benzene rings is 2. The molecule has 1 N–H and O–H groups in total. The van der Waals surface area contributed by atoms with Gasteiger partial charge in [-0.1, -0.05) is 30.3 Å². The number of rotatable bonds is 1. The molecule has 1 aromatic heterocycles. The molecule has 0 unspecified atom stereocenters. The molecule has 1 aliphatic heterocycles. The Morgan fingerprint density at radius 1 is 0.870 bits per heavy atom. The van der Waals surface area contributed by atoms with E-state index in [1.165, 1.54) is 44.4 Å². The fraction of sp³-hybridized carbons (Fsp3) is 0.333. The maximum Gasteiger partial charge on any atom is 0.0562 e. The normalized spacial score (nSPS) is 14.7. The number of hydrogen-bond donors (Lipinski definition) is 1. The molecular formula is C21H24N2. The fourth-order valence-electron chi connectivity index (χ4n) is 3.84. The Kier molecular flexibility index (Phi) is 3.50. The molecule has 0 fully saturated rings. The molecule has 0 amide bonds. The molecule has 0 spiro atoms. The lowest BCUT2D eigenvalue weighted by atomic mass is 9.94. The molecule has 0 radical (unpaired) electrons. The Morgan fingerprint density at radius 2 is 1.70 bits per heavy atom. The topological polar surface area (TPSA) is 17.0 Å². The Balaban J connectivity index is 2.01. The number of nitrogens with one attached hydrogen (secondary N) is 1. The van der Waals surface area contributed by atoms with Crippen LogP contribution in [0.5, 0.6) is 0 Å². The lowest BCUT2D eigenvalue weighted by Gasteiger charge is -2.14. The SMILES string of the molecule is Cc1cc(C)c(-c2cccc3cc4n(c23)CCNCC4)cc1C. The summed E-state index contributed by atoms with van der Waals surface area (Å²) in [4.78, 5) is 0. The monoisotopic (exact) mass is 304 g/mol. The Morgan fingerprint density at radius 3 is 2.57 bits per heavy atom. The maximum absolute atomic E-state index is 3.51. The van der Waals surface area contributed by atoms with Crippen molar-refractivity contribution in [2.75, 3.05) is 13.1 Å². The second-order valence-corrected chi connectivity index (χ2v) is 6.78. The van der Waals surface area contributed by atoms with E-state index in [-0.39, 0.29) is 0 Å². The number of hydrogen-bond acceptors (Lipinski definition) is 1. The minimum Gasteiger partial charge on any atom is -0.343 e. The standard InChI is InChI=1S/C21H24N2/c1-14-11-16(3)20(12-15(14)2)19-6-4-5-17-13-18-7-8-22-9-10-23(18)21(17)19/h4-6,11-13,22H,7-10H2,1-3H3. The first-order valence-corrected chi connectivity index (χ1v) is 8.55. The average Bonchev–Trinajstić information content (AvgIpc) is 2.73. The number of fused-ring (bicyclic) bond motifs is 3. The van der Waals surface area contributed by atoms with Gasteiger partial charge in [-0.2, -0.15) is 0 Å². The summed E-state index contributed by atoms with van der Waals surface area (Å²) >= 11 is 0. The summed E-state index contributed by atoms with van der Waals surface area (Å²) in [6, 6.07) is 13.8. The summed E-state index contributed by atoms with van der Waals surface area (Å²) in [5.74, 6) is 0. The van der Waals surface area contributed by atoms with Gasteiger partial charge in [0.25, 0.3) is 0 Å². The van der Waals surface area contributed by atoms with Gasteiger partial charge in [-0.25, -0.2) is 0 Å². The van der Waals surface area contributed by atoms with E-state index in [1.807, 2.05) is 0 Å². The zero-order valence-corrected chi connectivity index (χ0v) is 14.2. The largest absolute Gasteiger partial charge is 0.343 e. The third-order valence-corrected chi connectivity index (χ3v) is 5.21. The number of para-hydroxylation sites is 1. The molecule has 2 nitrogen and oxygen atoms in total. The van der Waals surface area contributed by atoms with Crippen LogP contribution in [-0.4, -0.2) is 17.7 Å². The second kappa shape index (κ2) is 5.54. The van der Waals surface area contributed by atoms with Crippen molar-refractivity contribution in [3.8, 4) is 11.1 Å². The fourth-order valence-corrected chi connectivity index (χ4v) is 3.84. The molecule has 0 aliphatic carbocycles. The van der Waals surface area contributed by atoms with E-state index < -0.39 is 0 Å². The highest BCUT2D eigenvalue weighted by atomic mass is 15.0. The molecular weight excluding hydrogens is 280 g/mol. The van der Waals surface area contributed by atoms with E-state index in [0.29, 0.717) is 0 Å². The van der Waals surface area contributed by atoms with E-state index in [0.717, 1.165) is 26.1 Å². The van der Waals surface area contributed by atoms with Gasteiger partial charge < -0.3 is 9.88 Å². The van der Waals surface area contributed by atoms with Crippen LogP contribution in [0.1, 0.15) is 22.4 Å². The van der Waals surface area contributed by atoms with Gasteiger partial charge in [-0.3, -0.25) is 0 Å². The Hall–Kier alpha value is -2.06. The first kappa shape index (κ1) is 14.5. The maximum atomic E-state index is 3.51. The first-order valence-electron chi connectivity index (χ1n) is 8.55. The third kappa shape index (κ3) is 2.38. The molecule has 0 saturated heterocycles. The van der Waals surface area contributed by atoms with Gasteiger partial charge in [0.15, 0.2) is 0 Å². The minimum atomic E-state index is 1.05. The van der Waals surface area contributed by atoms with Crippen LogP contribution in [0.4, 0.5) is 0 Å². The predicted octanol–water partition coefficient (Wildman–Crippen LogP) is 4.38. The van der Waals surface area contributed by atoms with Crippen LogP contribution in [-0.2, 0) is 13.0 Å². The molecule has 2 heteroatoms. The lowest BCUT2D eigenvalue weighted by molar-refractivity contribution is 0.658. The number of aromatic nitrogens is 1. The number of nitrogens with zero attached hydrogens (tertiary/aromatic N) is 1. The average molecular weight is 304 g/mol. The van der Waals surface area contributed by atoms with Crippen LogP contribution >= 0.6 is 0 Å². The van der Waals surface area contributed by atoms with Crippen LogP contribution in [0.15, 0.2) is 36.4 Å². The van der Waals surface area contributed by atoms with Crippen molar-refractivity contribution in [1.82, 2.24) is 9.88 Å². The van der Waals surface area contributed by atoms with Crippen molar-refractivity contribution in [3.63, 3.8) is 0 Å². The third-order valence-electron chi connectivity index (χ3n) is 5.21. The van der Waals surface area contributed by atoms with Crippen LogP contribution in [0.3, 0.4) is 0 Å². The van der Waals surface area contributed by atoms with E-state index in [2.05, 4.69) is 67.1 Å². The summed E-state index contributed by atoms with van der Waals surface area (Å²) in [5, 5.41) is 4.88. The molecule has 0 saturated carbocycles. The van der Waals surface area contributed by atoms with Gasteiger partial charge >= 0.3 is 0 Å². The molecule has 4 rings (SSSR count). The Labute approximate surface area is 138 Å². The van der Waals surface area contributed by atoms with Gasteiger partial charge in [0.2, 0.25) is 0 Å².